The number of carbonyl (C=O) groups is 2. The highest BCUT2D eigenvalue weighted by atomic mass is 16.6. The zero-order valence-corrected chi connectivity index (χ0v) is 17.8. The van der Waals surface area contributed by atoms with Gasteiger partial charge >= 0.3 is 12.1 Å². The van der Waals surface area contributed by atoms with Gasteiger partial charge in [0.2, 0.25) is 0 Å². The average molecular weight is 382 g/mol. The molecule has 7 heteroatoms. The molecule has 7 nitrogen and oxygen atoms in total. The number of carboxylic acids is 1. The molecular formula is C20H35N3O4. The lowest BCUT2D eigenvalue weighted by Crippen LogP contribution is -2.50. The maximum absolute atomic E-state index is 11.7. The van der Waals surface area contributed by atoms with Crippen LogP contribution < -0.4 is 5.32 Å². The molecule has 0 bridgehead atoms. The predicted octanol–water partition coefficient (Wildman–Crippen LogP) is 2.35. The van der Waals surface area contributed by atoms with E-state index in [9.17, 15) is 9.59 Å². The van der Waals surface area contributed by atoms with Crippen molar-refractivity contribution in [3.8, 4) is 0 Å². The molecule has 2 aliphatic heterocycles. The maximum Gasteiger partial charge on any atom is 0.408 e. The number of hydrogen-bond acceptors (Lipinski definition) is 5. The molecular weight excluding hydrogens is 346 g/mol. The highest BCUT2D eigenvalue weighted by molar-refractivity contribution is 5.79. The van der Waals surface area contributed by atoms with Gasteiger partial charge in [-0.1, -0.05) is 13.2 Å². The quantitative estimate of drug-likeness (QED) is 0.715. The van der Waals surface area contributed by atoms with E-state index in [-0.39, 0.29) is 11.6 Å². The molecule has 1 amide bonds. The Balaban J connectivity index is 0.000000289. The van der Waals surface area contributed by atoms with Crippen LogP contribution in [0, 0.1) is 5.41 Å². The van der Waals surface area contributed by atoms with Gasteiger partial charge in [0.05, 0.1) is 11.0 Å². The van der Waals surface area contributed by atoms with Crippen molar-refractivity contribution in [2.45, 2.75) is 45.8 Å². The number of ether oxygens (including phenoxy) is 1. The van der Waals surface area contributed by atoms with E-state index in [4.69, 9.17) is 9.84 Å². The molecule has 0 unspecified atom stereocenters. The molecule has 154 valence electrons. The summed E-state index contributed by atoms with van der Waals surface area (Å²) in [5, 5.41) is 11.8. The van der Waals surface area contributed by atoms with Crippen LogP contribution in [0.2, 0.25) is 0 Å². The first kappa shape index (κ1) is 23.2. The maximum atomic E-state index is 11.7. The van der Waals surface area contributed by atoms with Crippen LogP contribution >= 0.6 is 0 Å². The average Bonchev–Trinajstić information content (AvgIpc) is 2.84. The molecule has 2 heterocycles. The van der Waals surface area contributed by atoms with Gasteiger partial charge in [-0.05, 0) is 59.9 Å². The van der Waals surface area contributed by atoms with Crippen molar-refractivity contribution in [1.29, 1.82) is 0 Å². The zero-order valence-electron chi connectivity index (χ0n) is 17.8. The molecule has 0 aromatic rings. The van der Waals surface area contributed by atoms with E-state index in [2.05, 4.69) is 23.4 Å². The molecule has 2 rings (SSSR count). The molecule has 0 spiro atoms. The Kier molecular flexibility index (Phi) is 6.89. The lowest BCUT2D eigenvalue weighted by Gasteiger charge is -2.29. The second-order valence-electron chi connectivity index (χ2n) is 9.15. The Morgan fingerprint density at radius 3 is 1.85 bits per heavy atom. The molecule has 2 atom stereocenters. The number of likely N-dealkylation sites (tertiary alicyclic amines) is 2. The first-order valence-corrected chi connectivity index (χ1v) is 9.07. The van der Waals surface area contributed by atoms with Crippen molar-refractivity contribution in [1.82, 2.24) is 15.1 Å². The molecule has 2 aliphatic rings. The van der Waals surface area contributed by atoms with Gasteiger partial charge in [0, 0.05) is 26.2 Å². The van der Waals surface area contributed by atoms with Gasteiger partial charge in [0.1, 0.15) is 5.60 Å². The minimum atomic E-state index is -0.771. The van der Waals surface area contributed by atoms with Gasteiger partial charge < -0.3 is 20.1 Å². The van der Waals surface area contributed by atoms with Gasteiger partial charge in [-0.2, -0.15) is 0 Å². The van der Waals surface area contributed by atoms with Crippen molar-refractivity contribution in [2.75, 3.05) is 40.3 Å². The lowest BCUT2D eigenvalue weighted by atomic mass is 9.86. The van der Waals surface area contributed by atoms with Gasteiger partial charge in [-0.25, -0.2) is 4.79 Å². The monoisotopic (exact) mass is 381 g/mol. The number of carbonyl (C=O) groups excluding carboxylic acids is 1. The summed E-state index contributed by atoms with van der Waals surface area (Å²) in [5.74, 6) is -0.771. The van der Waals surface area contributed by atoms with Crippen LogP contribution in [0.1, 0.15) is 34.6 Å². The molecule has 2 saturated heterocycles. The highest BCUT2D eigenvalue weighted by Crippen LogP contribution is 2.33. The van der Waals surface area contributed by atoms with Crippen LogP contribution in [0.3, 0.4) is 0 Å². The fraction of sp³-hybridized carbons (Fsp3) is 0.700. The highest BCUT2D eigenvalue weighted by Gasteiger charge is 2.42. The van der Waals surface area contributed by atoms with E-state index < -0.39 is 17.0 Å². The summed E-state index contributed by atoms with van der Waals surface area (Å²) >= 11 is 0. The van der Waals surface area contributed by atoms with Crippen LogP contribution in [-0.4, -0.2) is 78.4 Å². The van der Waals surface area contributed by atoms with E-state index in [1.165, 1.54) is 0 Å². The van der Waals surface area contributed by atoms with Crippen LogP contribution in [0.4, 0.5) is 4.79 Å². The fourth-order valence-electron chi connectivity index (χ4n) is 3.29. The number of nitrogens with zero attached hydrogens (tertiary/aromatic N) is 2. The summed E-state index contributed by atoms with van der Waals surface area (Å²) in [6, 6.07) is 0. The summed E-state index contributed by atoms with van der Waals surface area (Å²) in [7, 11) is 3.91. The first-order chi connectivity index (χ1) is 12.1. The van der Waals surface area contributed by atoms with Crippen LogP contribution in [0.15, 0.2) is 24.3 Å². The smallest absolute Gasteiger partial charge is 0.408 e. The Morgan fingerprint density at radius 1 is 1.07 bits per heavy atom. The molecule has 0 aromatic heterocycles. The third-order valence-electron chi connectivity index (χ3n) is 4.90. The van der Waals surface area contributed by atoms with Gasteiger partial charge in [-0.3, -0.25) is 9.69 Å². The number of hydrogen-bond donors (Lipinski definition) is 2. The van der Waals surface area contributed by atoms with Crippen LogP contribution in [-0.2, 0) is 9.53 Å². The normalized spacial score (nSPS) is 29.3. The Hall–Kier alpha value is -1.86. The number of amides is 1. The van der Waals surface area contributed by atoms with Crippen LogP contribution in [0.25, 0.3) is 0 Å². The molecule has 0 aliphatic carbocycles. The second-order valence-corrected chi connectivity index (χ2v) is 9.15. The van der Waals surface area contributed by atoms with Gasteiger partial charge in [0.15, 0.2) is 0 Å². The zero-order chi connectivity index (χ0) is 21.2. The molecule has 27 heavy (non-hydrogen) atoms. The van der Waals surface area contributed by atoms with Crippen molar-refractivity contribution in [3.05, 3.63) is 24.3 Å². The third-order valence-corrected chi connectivity index (χ3v) is 4.90. The van der Waals surface area contributed by atoms with Gasteiger partial charge in [0.25, 0.3) is 0 Å². The topological polar surface area (TPSA) is 82.1 Å². The second kappa shape index (κ2) is 8.02. The minimum absolute atomic E-state index is 0.378. The number of rotatable bonds is 2. The van der Waals surface area contributed by atoms with Crippen LogP contribution in [0.5, 0.6) is 0 Å². The van der Waals surface area contributed by atoms with E-state index in [0.29, 0.717) is 13.1 Å². The summed E-state index contributed by atoms with van der Waals surface area (Å²) < 4.78 is 5.24. The summed E-state index contributed by atoms with van der Waals surface area (Å²) in [5.41, 5.74) is 0.242. The number of likely N-dealkylation sites (N-methyl/N-ethyl adjacent to an activating group) is 2. The Morgan fingerprint density at radius 2 is 1.56 bits per heavy atom. The molecule has 2 fully saturated rings. The Bertz CT molecular complexity index is 625. The van der Waals surface area contributed by atoms with Gasteiger partial charge in [-0.15, -0.1) is 0 Å². The van der Waals surface area contributed by atoms with Crippen molar-refractivity contribution in [2.24, 2.45) is 5.41 Å². The lowest BCUT2D eigenvalue weighted by molar-refractivity contribution is -0.145. The minimum Gasteiger partial charge on any atom is -0.481 e. The third kappa shape index (κ3) is 6.07. The molecule has 2 N–H and O–H groups in total. The number of nitrogens with one attached hydrogen (secondary N) is 1. The summed E-state index contributed by atoms with van der Waals surface area (Å²) in [6.07, 6.45) is -0.383. The van der Waals surface area contributed by atoms with E-state index in [0.717, 1.165) is 24.2 Å². The first-order valence-electron chi connectivity index (χ1n) is 9.07. The van der Waals surface area contributed by atoms with E-state index >= 15 is 0 Å². The molecule has 0 saturated carbocycles. The number of carboxylic acid groups (broad SMARTS) is 1. The Labute approximate surface area is 163 Å². The largest absolute Gasteiger partial charge is 0.481 e. The number of aliphatic carboxylic acids is 1. The summed E-state index contributed by atoms with van der Waals surface area (Å²) in [4.78, 5) is 26.6. The van der Waals surface area contributed by atoms with E-state index in [1.807, 2.05) is 46.7 Å². The molecule has 0 radical (unpaired) electrons. The fourth-order valence-corrected chi connectivity index (χ4v) is 3.29. The van der Waals surface area contributed by atoms with Crippen molar-refractivity contribution >= 4 is 12.1 Å². The SMILES string of the molecule is C=C1CN(C)C[C@@]1(C)C(=O)O.C=C1CN(C)C[C@@]1(C)NC(=O)OC(C)(C)C. The molecule has 0 aromatic carbocycles. The standard InChI is InChI=1S/C12H22N2O2.C8H13NO2/c1-9-7-14(6)8-12(9,5)13-10(15)16-11(2,3)4;1-6-4-9(3)5-8(6,2)7(10)11/h1,7-8H2,2-6H3,(H,13,15);1,4-5H2,2-3H3,(H,10,11)/t12-;8-/m11/s1. The van der Waals surface area contributed by atoms with E-state index in [1.54, 1.807) is 6.92 Å². The number of alkyl carbamates (subject to hydrolysis) is 1. The summed E-state index contributed by atoms with van der Waals surface area (Å²) in [6.45, 7) is 19.9. The van der Waals surface area contributed by atoms with Crippen molar-refractivity contribution < 1.29 is 19.4 Å². The predicted molar refractivity (Wildman–Crippen MR) is 107 cm³/mol. The van der Waals surface area contributed by atoms with Crippen molar-refractivity contribution in [3.63, 3.8) is 0 Å².